The number of carbonyl (C=O) groups is 1. The molecule has 0 bridgehead atoms. The number of rotatable bonds is 3. The standard InChI is InChI=1S/C8H10Cl2N2OS/c1-2-11-8(13)12-4-5-3-6(9)14-7(5)10/h3H,2,4H2,1H3,(H2,11,12,13). The van der Waals surface area contributed by atoms with Crippen LogP contribution in [-0.2, 0) is 6.54 Å². The lowest BCUT2D eigenvalue weighted by atomic mass is 10.3. The second-order valence-corrected chi connectivity index (χ2v) is 4.85. The first-order valence-corrected chi connectivity index (χ1v) is 5.66. The highest BCUT2D eigenvalue weighted by Crippen LogP contribution is 2.30. The number of nitrogens with one attached hydrogen (secondary N) is 2. The zero-order valence-electron chi connectivity index (χ0n) is 7.56. The van der Waals surface area contributed by atoms with Gasteiger partial charge < -0.3 is 10.6 Å². The molecule has 0 aliphatic carbocycles. The van der Waals surface area contributed by atoms with Crippen LogP contribution in [0.25, 0.3) is 0 Å². The summed E-state index contributed by atoms with van der Waals surface area (Å²) < 4.78 is 1.24. The van der Waals surface area contributed by atoms with Gasteiger partial charge in [0.25, 0.3) is 0 Å². The van der Waals surface area contributed by atoms with Crippen molar-refractivity contribution in [3.8, 4) is 0 Å². The molecule has 0 radical (unpaired) electrons. The van der Waals surface area contributed by atoms with Gasteiger partial charge in [0, 0.05) is 18.7 Å². The molecular weight excluding hydrogens is 243 g/mol. The molecule has 0 saturated heterocycles. The van der Waals surface area contributed by atoms with E-state index in [9.17, 15) is 4.79 Å². The van der Waals surface area contributed by atoms with Crippen molar-refractivity contribution in [2.45, 2.75) is 13.5 Å². The van der Waals surface area contributed by atoms with Crippen LogP contribution in [0.4, 0.5) is 4.79 Å². The molecule has 1 aromatic rings. The topological polar surface area (TPSA) is 41.1 Å². The van der Waals surface area contributed by atoms with Gasteiger partial charge in [-0.3, -0.25) is 0 Å². The van der Waals surface area contributed by atoms with Crippen LogP contribution in [0.3, 0.4) is 0 Å². The molecule has 0 aliphatic heterocycles. The summed E-state index contributed by atoms with van der Waals surface area (Å²) in [5.74, 6) is 0. The molecule has 0 spiro atoms. The maximum atomic E-state index is 11.0. The zero-order chi connectivity index (χ0) is 10.6. The third kappa shape index (κ3) is 3.36. The van der Waals surface area contributed by atoms with Gasteiger partial charge in [-0.05, 0) is 13.0 Å². The van der Waals surface area contributed by atoms with Crippen molar-refractivity contribution in [2.24, 2.45) is 0 Å². The highest BCUT2D eigenvalue weighted by molar-refractivity contribution is 7.20. The molecule has 0 unspecified atom stereocenters. The van der Waals surface area contributed by atoms with E-state index in [1.54, 1.807) is 6.07 Å². The molecule has 0 saturated carbocycles. The van der Waals surface area contributed by atoms with Crippen LogP contribution in [0, 0.1) is 0 Å². The fourth-order valence-electron chi connectivity index (χ4n) is 0.893. The first kappa shape index (κ1) is 11.6. The highest BCUT2D eigenvalue weighted by Gasteiger charge is 2.06. The van der Waals surface area contributed by atoms with Gasteiger partial charge in [-0.1, -0.05) is 23.2 Å². The predicted molar refractivity (Wildman–Crippen MR) is 60.3 cm³/mol. The SMILES string of the molecule is CCNC(=O)NCc1cc(Cl)sc1Cl. The van der Waals surface area contributed by atoms with Crippen molar-refractivity contribution in [3.63, 3.8) is 0 Å². The van der Waals surface area contributed by atoms with Crippen molar-refractivity contribution >= 4 is 40.6 Å². The highest BCUT2D eigenvalue weighted by atomic mass is 35.5. The van der Waals surface area contributed by atoms with Crippen molar-refractivity contribution in [1.82, 2.24) is 10.6 Å². The van der Waals surface area contributed by atoms with E-state index in [1.807, 2.05) is 6.92 Å². The number of carbonyl (C=O) groups excluding carboxylic acids is 1. The van der Waals surface area contributed by atoms with Crippen LogP contribution < -0.4 is 10.6 Å². The van der Waals surface area contributed by atoms with Crippen molar-refractivity contribution < 1.29 is 4.79 Å². The quantitative estimate of drug-likeness (QED) is 0.854. The normalized spacial score (nSPS) is 9.93. The average molecular weight is 253 g/mol. The minimum Gasteiger partial charge on any atom is -0.338 e. The monoisotopic (exact) mass is 252 g/mol. The van der Waals surface area contributed by atoms with Crippen molar-refractivity contribution in [2.75, 3.05) is 6.54 Å². The summed E-state index contributed by atoms with van der Waals surface area (Å²) in [6.07, 6.45) is 0. The van der Waals surface area contributed by atoms with Crippen LogP contribution in [0.1, 0.15) is 12.5 Å². The summed E-state index contributed by atoms with van der Waals surface area (Å²) in [6, 6.07) is 1.55. The Labute approximate surface area is 96.4 Å². The van der Waals surface area contributed by atoms with E-state index in [1.165, 1.54) is 11.3 Å². The lowest BCUT2D eigenvalue weighted by Gasteiger charge is -2.04. The van der Waals surface area contributed by atoms with Crippen LogP contribution in [0.5, 0.6) is 0 Å². The van der Waals surface area contributed by atoms with Crippen molar-refractivity contribution in [3.05, 3.63) is 20.3 Å². The lowest BCUT2D eigenvalue weighted by molar-refractivity contribution is 0.241. The first-order valence-electron chi connectivity index (χ1n) is 4.09. The van der Waals surface area contributed by atoms with Gasteiger partial charge in [0.05, 0.1) is 8.67 Å². The van der Waals surface area contributed by atoms with Crippen LogP contribution in [0.15, 0.2) is 6.07 Å². The molecular formula is C8H10Cl2N2OS. The molecule has 1 aromatic heterocycles. The molecule has 1 heterocycles. The largest absolute Gasteiger partial charge is 0.338 e. The third-order valence-electron chi connectivity index (χ3n) is 1.50. The van der Waals surface area contributed by atoms with Gasteiger partial charge in [-0.2, -0.15) is 0 Å². The summed E-state index contributed by atoms with van der Waals surface area (Å²) in [6.45, 7) is 2.85. The van der Waals surface area contributed by atoms with E-state index < -0.39 is 0 Å². The summed E-state index contributed by atoms with van der Waals surface area (Å²) in [5, 5.41) is 5.29. The Bertz CT molecular complexity index is 327. The van der Waals surface area contributed by atoms with Crippen LogP contribution in [-0.4, -0.2) is 12.6 Å². The van der Waals surface area contributed by atoms with Crippen LogP contribution in [0.2, 0.25) is 8.67 Å². The van der Waals surface area contributed by atoms with Gasteiger partial charge in [0.2, 0.25) is 0 Å². The van der Waals surface area contributed by atoms with E-state index in [4.69, 9.17) is 23.2 Å². The molecule has 2 amide bonds. The number of hydrogen-bond donors (Lipinski definition) is 2. The fourth-order valence-corrected chi connectivity index (χ4v) is 2.38. The van der Waals surface area contributed by atoms with Gasteiger partial charge >= 0.3 is 6.03 Å². The van der Waals surface area contributed by atoms with E-state index in [0.29, 0.717) is 21.8 Å². The molecule has 0 aromatic carbocycles. The summed E-state index contributed by atoms with van der Waals surface area (Å²) in [7, 11) is 0. The maximum absolute atomic E-state index is 11.0. The predicted octanol–water partition coefficient (Wildman–Crippen LogP) is 2.87. The minimum atomic E-state index is -0.203. The smallest absolute Gasteiger partial charge is 0.315 e. The van der Waals surface area contributed by atoms with Gasteiger partial charge in [0.15, 0.2) is 0 Å². The van der Waals surface area contributed by atoms with E-state index in [0.717, 1.165) is 5.56 Å². The Hall–Kier alpha value is -0.450. The van der Waals surface area contributed by atoms with E-state index in [-0.39, 0.29) is 6.03 Å². The molecule has 0 fully saturated rings. The Morgan fingerprint density at radius 2 is 2.21 bits per heavy atom. The minimum absolute atomic E-state index is 0.203. The number of amides is 2. The molecule has 0 atom stereocenters. The molecule has 14 heavy (non-hydrogen) atoms. The number of thiophene rings is 1. The zero-order valence-corrected chi connectivity index (χ0v) is 9.89. The number of halogens is 2. The third-order valence-corrected chi connectivity index (χ3v) is 3.07. The molecule has 0 aliphatic rings. The maximum Gasteiger partial charge on any atom is 0.315 e. The summed E-state index contributed by atoms with van der Waals surface area (Å²) in [4.78, 5) is 11.0. The molecule has 78 valence electrons. The Kier molecular flexibility index (Phi) is 4.51. The molecule has 6 heteroatoms. The Morgan fingerprint density at radius 3 is 2.71 bits per heavy atom. The van der Waals surface area contributed by atoms with Gasteiger partial charge in [0.1, 0.15) is 0 Å². The fraction of sp³-hybridized carbons (Fsp3) is 0.375. The van der Waals surface area contributed by atoms with Gasteiger partial charge in [-0.15, -0.1) is 11.3 Å². The van der Waals surface area contributed by atoms with Crippen LogP contribution >= 0.6 is 34.5 Å². The molecule has 2 N–H and O–H groups in total. The Balaban J connectivity index is 2.45. The molecule has 1 rings (SSSR count). The van der Waals surface area contributed by atoms with E-state index >= 15 is 0 Å². The number of urea groups is 1. The van der Waals surface area contributed by atoms with E-state index in [2.05, 4.69) is 10.6 Å². The average Bonchev–Trinajstić information content (AvgIpc) is 2.42. The van der Waals surface area contributed by atoms with Gasteiger partial charge in [-0.25, -0.2) is 4.79 Å². The van der Waals surface area contributed by atoms with Crippen molar-refractivity contribution in [1.29, 1.82) is 0 Å². The lowest BCUT2D eigenvalue weighted by Crippen LogP contribution is -2.34. The summed E-state index contributed by atoms with van der Waals surface area (Å²) in [5.41, 5.74) is 0.841. The second-order valence-electron chi connectivity index (χ2n) is 2.56. The first-order chi connectivity index (χ1) is 6.63. The number of hydrogen-bond acceptors (Lipinski definition) is 2. The Morgan fingerprint density at radius 1 is 1.50 bits per heavy atom. The summed E-state index contributed by atoms with van der Waals surface area (Å²) >= 11 is 12.9. The molecule has 3 nitrogen and oxygen atoms in total. The second kappa shape index (κ2) is 5.44.